The van der Waals surface area contributed by atoms with E-state index in [1.807, 2.05) is 26.0 Å². The van der Waals surface area contributed by atoms with E-state index in [0.29, 0.717) is 12.8 Å². The molecule has 1 fully saturated rings. The van der Waals surface area contributed by atoms with Crippen LogP contribution in [0.15, 0.2) is 18.2 Å². The highest BCUT2D eigenvalue weighted by atomic mass is 16.1. The van der Waals surface area contributed by atoms with Crippen molar-refractivity contribution in [3.05, 3.63) is 34.9 Å². The predicted octanol–water partition coefficient (Wildman–Crippen LogP) is 3.25. The van der Waals surface area contributed by atoms with Crippen LogP contribution in [0.1, 0.15) is 47.2 Å². The molecule has 2 rings (SSSR count). The highest BCUT2D eigenvalue weighted by molar-refractivity contribution is 6.00. The van der Waals surface area contributed by atoms with E-state index in [4.69, 9.17) is 0 Å². The van der Waals surface area contributed by atoms with Crippen LogP contribution in [0.2, 0.25) is 0 Å². The van der Waals surface area contributed by atoms with E-state index in [-0.39, 0.29) is 17.5 Å². The number of Topliss-reactive ketones (excluding diaryl/α,β-unsaturated/α-hetero) is 2. The van der Waals surface area contributed by atoms with Crippen LogP contribution >= 0.6 is 0 Å². The maximum Gasteiger partial charge on any atom is 0.166 e. The molecule has 0 N–H and O–H groups in total. The van der Waals surface area contributed by atoms with E-state index in [1.165, 1.54) is 0 Å². The first kappa shape index (κ1) is 12.0. The number of hydrogen-bond donors (Lipinski definition) is 0. The van der Waals surface area contributed by atoms with Crippen molar-refractivity contribution >= 4 is 11.6 Å². The zero-order valence-electron chi connectivity index (χ0n) is 10.5. The second-order valence-electron chi connectivity index (χ2n) is 5.07. The minimum atomic E-state index is -0.0857. The van der Waals surface area contributed by atoms with Gasteiger partial charge in [-0.05, 0) is 38.8 Å². The highest BCUT2D eigenvalue weighted by Gasteiger charge is 2.26. The Morgan fingerprint density at radius 1 is 1.18 bits per heavy atom. The molecule has 1 aliphatic carbocycles. The largest absolute Gasteiger partial charge is 0.300 e. The molecule has 0 aromatic heterocycles. The molecule has 1 aromatic carbocycles. The number of aryl methyl sites for hydroxylation is 2. The third-order valence-electron chi connectivity index (χ3n) is 3.36. The quantitative estimate of drug-likeness (QED) is 0.731. The summed E-state index contributed by atoms with van der Waals surface area (Å²) in [7, 11) is 0. The van der Waals surface area contributed by atoms with Crippen molar-refractivity contribution < 1.29 is 9.59 Å². The Morgan fingerprint density at radius 3 is 2.41 bits per heavy atom. The molecule has 90 valence electrons. The van der Waals surface area contributed by atoms with E-state index in [2.05, 4.69) is 6.07 Å². The number of carbonyl (C=O) groups is 2. The molecule has 2 heteroatoms. The second-order valence-corrected chi connectivity index (χ2v) is 5.07. The lowest BCUT2D eigenvalue weighted by Crippen LogP contribution is -2.23. The summed E-state index contributed by atoms with van der Waals surface area (Å²) in [6, 6.07) is 5.91. The Balaban J connectivity index is 2.21. The van der Waals surface area contributed by atoms with Crippen molar-refractivity contribution in [1.82, 2.24) is 0 Å². The average Bonchev–Trinajstić information content (AvgIpc) is 2.26. The van der Waals surface area contributed by atoms with Gasteiger partial charge in [0.05, 0.1) is 0 Å². The molecule has 1 saturated carbocycles. The predicted molar refractivity (Wildman–Crippen MR) is 67.2 cm³/mol. The van der Waals surface area contributed by atoms with Crippen molar-refractivity contribution in [1.29, 1.82) is 0 Å². The van der Waals surface area contributed by atoms with Gasteiger partial charge >= 0.3 is 0 Å². The van der Waals surface area contributed by atoms with Gasteiger partial charge in [0.2, 0.25) is 0 Å². The molecule has 1 aromatic rings. The third kappa shape index (κ3) is 2.82. The van der Waals surface area contributed by atoms with Crippen molar-refractivity contribution in [3.63, 3.8) is 0 Å². The molecule has 2 nitrogen and oxygen atoms in total. The molecule has 0 heterocycles. The summed E-state index contributed by atoms with van der Waals surface area (Å²) in [5, 5.41) is 0. The molecule has 0 amide bonds. The molecule has 1 aliphatic rings. The van der Waals surface area contributed by atoms with Crippen molar-refractivity contribution in [2.24, 2.45) is 5.92 Å². The first-order chi connectivity index (χ1) is 8.06. The standard InChI is InChI=1S/C15H18O2/c1-10-6-11(2)8-13(7-10)15(17)12-4-3-5-14(16)9-12/h6-8,12H,3-5,9H2,1-2H3. The Morgan fingerprint density at radius 2 is 1.82 bits per heavy atom. The molecule has 0 bridgehead atoms. The summed E-state index contributed by atoms with van der Waals surface area (Å²) in [5.74, 6) is 0.293. The zero-order chi connectivity index (χ0) is 12.4. The number of rotatable bonds is 2. The number of ketones is 2. The molecule has 1 unspecified atom stereocenters. The highest BCUT2D eigenvalue weighted by Crippen LogP contribution is 2.25. The van der Waals surface area contributed by atoms with Crippen LogP contribution in [0.5, 0.6) is 0 Å². The fraction of sp³-hybridized carbons (Fsp3) is 0.467. The smallest absolute Gasteiger partial charge is 0.166 e. The normalized spacial score (nSPS) is 20.4. The maximum atomic E-state index is 12.3. The number of benzene rings is 1. The van der Waals surface area contributed by atoms with Gasteiger partial charge in [0.25, 0.3) is 0 Å². The molecule has 0 aliphatic heterocycles. The topological polar surface area (TPSA) is 34.1 Å². The van der Waals surface area contributed by atoms with Gasteiger partial charge < -0.3 is 0 Å². The average molecular weight is 230 g/mol. The lowest BCUT2D eigenvalue weighted by atomic mass is 9.83. The molecule has 0 saturated heterocycles. The molecular formula is C15H18O2. The van der Waals surface area contributed by atoms with Crippen molar-refractivity contribution in [2.45, 2.75) is 39.5 Å². The number of carbonyl (C=O) groups excluding carboxylic acids is 2. The molecule has 0 spiro atoms. The van der Waals surface area contributed by atoms with Crippen LogP contribution in [0, 0.1) is 19.8 Å². The van der Waals surface area contributed by atoms with Crippen LogP contribution in [0.3, 0.4) is 0 Å². The summed E-state index contributed by atoms with van der Waals surface area (Å²) < 4.78 is 0. The van der Waals surface area contributed by atoms with Gasteiger partial charge in [-0.25, -0.2) is 0 Å². The van der Waals surface area contributed by atoms with Crippen molar-refractivity contribution in [3.8, 4) is 0 Å². The van der Waals surface area contributed by atoms with Gasteiger partial charge in [0.1, 0.15) is 5.78 Å². The van der Waals surface area contributed by atoms with E-state index in [9.17, 15) is 9.59 Å². The molecule has 0 radical (unpaired) electrons. The monoisotopic (exact) mass is 230 g/mol. The van der Waals surface area contributed by atoms with Crippen LogP contribution in [-0.2, 0) is 4.79 Å². The zero-order valence-corrected chi connectivity index (χ0v) is 10.5. The van der Waals surface area contributed by atoms with Gasteiger partial charge in [0, 0.05) is 24.3 Å². The van der Waals surface area contributed by atoms with E-state index >= 15 is 0 Å². The number of hydrogen-bond acceptors (Lipinski definition) is 2. The lowest BCUT2D eigenvalue weighted by molar-refractivity contribution is -0.121. The van der Waals surface area contributed by atoms with Crippen LogP contribution in [0.4, 0.5) is 0 Å². The Kier molecular flexibility index (Phi) is 3.41. The lowest BCUT2D eigenvalue weighted by Gasteiger charge is -2.19. The van der Waals surface area contributed by atoms with E-state index in [1.54, 1.807) is 0 Å². The minimum Gasteiger partial charge on any atom is -0.300 e. The molecular weight excluding hydrogens is 212 g/mol. The summed E-state index contributed by atoms with van der Waals surface area (Å²) in [6.07, 6.45) is 2.81. The van der Waals surface area contributed by atoms with Gasteiger partial charge in [-0.2, -0.15) is 0 Å². The van der Waals surface area contributed by atoms with Gasteiger partial charge in [-0.1, -0.05) is 17.2 Å². The first-order valence-electron chi connectivity index (χ1n) is 6.20. The Hall–Kier alpha value is -1.44. The van der Waals surface area contributed by atoms with Gasteiger partial charge in [-0.3, -0.25) is 9.59 Å². The fourth-order valence-corrected chi connectivity index (χ4v) is 2.60. The SMILES string of the molecule is Cc1cc(C)cc(C(=O)C2CCCC(=O)C2)c1. The summed E-state index contributed by atoms with van der Waals surface area (Å²) in [4.78, 5) is 23.7. The summed E-state index contributed by atoms with van der Waals surface area (Å²) in [6.45, 7) is 3.99. The molecule has 17 heavy (non-hydrogen) atoms. The van der Waals surface area contributed by atoms with Crippen LogP contribution < -0.4 is 0 Å². The fourth-order valence-electron chi connectivity index (χ4n) is 2.60. The Bertz CT molecular complexity index is 440. The van der Waals surface area contributed by atoms with Crippen molar-refractivity contribution in [2.75, 3.05) is 0 Å². The Labute approximate surface area is 102 Å². The summed E-state index contributed by atoms with van der Waals surface area (Å²) >= 11 is 0. The second kappa shape index (κ2) is 4.82. The van der Waals surface area contributed by atoms with Crippen LogP contribution in [-0.4, -0.2) is 11.6 Å². The first-order valence-corrected chi connectivity index (χ1v) is 6.20. The van der Waals surface area contributed by atoms with Gasteiger partial charge in [0.15, 0.2) is 5.78 Å². The third-order valence-corrected chi connectivity index (χ3v) is 3.36. The minimum absolute atomic E-state index is 0.0857. The molecule has 1 atom stereocenters. The van der Waals surface area contributed by atoms with Gasteiger partial charge in [-0.15, -0.1) is 0 Å². The maximum absolute atomic E-state index is 12.3. The van der Waals surface area contributed by atoms with Crippen LogP contribution in [0.25, 0.3) is 0 Å². The van der Waals surface area contributed by atoms with E-state index < -0.39 is 0 Å². The van der Waals surface area contributed by atoms with E-state index in [0.717, 1.165) is 29.5 Å². The summed E-state index contributed by atoms with van der Waals surface area (Å²) in [5.41, 5.74) is 2.98.